The van der Waals surface area contributed by atoms with E-state index in [1.54, 1.807) is 27.7 Å². The van der Waals surface area contributed by atoms with Crippen LogP contribution in [-0.2, 0) is 14.3 Å². The summed E-state index contributed by atoms with van der Waals surface area (Å²) in [6.45, 7) is 8.55. The summed E-state index contributed by atoms with van der Waals surface area (Å²) in [5, 5.41) is 11.1. The van der Waals surface area contributed by atoms with Crippen molar-refractivity contribution in [2.24, 2.45) is 0 Å². The number of alkyl carbamates (subject to hydrolysis) is 1. The molecule has 2 atom stereocenters. The second-order valence-corrected chi connectivity index (χ2v) is 4.86. The lowest BCUT2D eigenvalue weighted by molar-refractivity contribution is -0.149. The summed E-state index contributed by atoms with van der Waals surface area (Å²) in [6.07, 6.45) is -1.44. The zero-order valence-corrected chi connectivity index (χ0v) is 10.9. The van der Waals surface area contributed by atoms with E-state index >= 15 is 0 Å². The predicted molar refractivity (Wildman–Crippen MR) is 61.9 cm³/mol. The van der Waals surface area contributed by atoms with Crippen LogP contribution < -0.4 is 5.32 Å². The van der Waals surface area contributed by atoms with Crippen molar-refractivity contribution in [3.63, 3.8) is 0 Å². The second-order valence-electron chi connectivity index (χ2n) is 4.86. The molecule has 0 aromatic heterocycles. The van der Waals surface area contributed by atoms with Gasteiger partial charge in [-0.05, 0) is 34.6 Å². The van der Waals surface area contributed by atoms with E-state index in [-0.39, 0.29) is 12.6 Å². The van der Waals surface area contributed by atoms with Crippen LogP contribution in [0.15, 0.2) is 0 Å². The zero-order valence-electron chi connectivity index (χ0n) is 10.9. The number of carboxylic acid groups (broad SMARTS) is 1. The van der Waals surface area contributed by atoms with Gasteiger partial charge < -0.3 is 19.9 Å². The van der Waals surface area contributed by atoms with E-state index in [2.05, 4.69) is 5.32 Å². The van der Waals surface area contributed by atoms with Crippen LogP contribution >= 0.6 is 0 Å². The standard InChI is InChI=1S/C11H21NO5/c1-7(6-16-8(2)9(13)14)12-10(15)17-11(3,4)5/h7-8H,6H2,1-5H3,(H,12,15)(H,13,14)/t7-,8?/m0/s1. The van der Waals surface area contributed by atoms with Crippen LogP contribution in [0.1, 0.15) is 34.6 Å². The molecule has 1 amide bonds. The predicted octanol–water partition coefficient (Wildman–Crippen LogP) is 1.39. The van der Waals surface area contributed by atoms with Crippen molar-refractivity contribution < 1.29 is 24.2 Å². The SMILES string of the molecule is CC(OC[C@H](C)NC(=O)OC(C)(C)C)C(=O)O. The lowest BCUT2D eigenvalue weighted by Crippen LogP contribution is -2.40. The third-order valence-electron chi connectivity index (χ3n) is 1.71. The highest BCUT2D eigenvalue weighted by molar-refractivity contribution is 5.71. The van der Waals surface area contributed by atoms with Gasteiger partial charge in [0.25, 0.3) is 0 Å². The number of rotatable bonds is 5. The Labute approximate surface area is 101 Å². The maximum Gasteiger partial charge on any atom is 0.407 e. The van der Waals surface area contributed by atoms with Gasteiger partial charge in [-0.2, -0.15) is 0 Å². The summed E-state index contributed by atoms with van der Waals surface area (Å²) in [6, 6.07) is -0.313. The van der Waals surface area contributed by atoms with Crippen molar-refractivity contribution in [3.8, 4) is 0 Å². The van der Waals surface area contributed by atoms with Gasteiger partial charge in [-0.15, -0.1) is 0 Å². The summed E-state index contributed by atoms with van der Waals surface area (Å²) in [5.41, 5.74) is -0.557. The number of carbonyl (C=O) groups is 2. The Kier molecular flexibility index (Phi) is 5.95. The molecule has 100 valence electrons. The molecule has 6 heteroatoms. The average Bonchev–Trinajstić information content (AvgIpc) is 2.10. The van der Waals surface area contributed by atoms with E-state index < -0.39 is 23.8 Å². The van der Waals surface area contributed by atoms with Gasteiger partial charge in [-0.25, -0.2) is 9.59 Å². The van der Waals surface area contributed by atoms with Gasteiger partial charge in [-0.3, -0.25) is 0 Å². The van der Waals surface area contributed by atoms with Crippen LogP contribution in [0.25, 0.3) is 0 Å². The van der Waals surface area contributed by atoms with E-state index in [4.69, 9.17) is 14.6 Å². The van der Waals surface area contributed by atoms with Gasteiger partial charge in [0.05, 0.1) is 12.6 Å². The molecule has 0 saturated heterocycles. The average molecular weight is 247 g/mol. The van der Waals surface area contributed by atoms with Crippen molar-refractivity contribution >= 4 is 12.1 Å². The highest BCUT2D eigenvalue weighted by atomic mass is 16.6. The molecule has 2 N–H and O–H groups in total. The summed E-state index contributed by atoms with van der Waals surface area (Å²) in [5.74, 6) is -1.03. The normalized spacial score (nSPS) is 14.9. The molecular formula is C11H21NO5. The first-order valence-electron chi connectivity index (χ1n) is 5.45. The van der Waals surface area contributed by atoms with Gasteiger partial charge in [0.15, 0.2) is 6.10 Å². The smallest absolute Gasteiger partial charge is 0.407 e. The number of aliphatic carboxylic acids is 1. The lowest BCUT2D eigenvalue weighted by Gasteiger charge is -2.22. The first-order valence-corrected chi connectivity index (χ1v) is 5.45. The third kappa shape index (κ3) is 8.50. The molecule has 0 radical (unpaired) electrons. The Bertz CT molecular complexity index is 272. The van der Waals surface area contributed by atoms with Crippen LogP contribution in [0.5, 0.6) is 0 Å². The molecular weight excluding hydrogens is 226 g/mol. The summed E-state index contributed by atoms with van der Waals surface area (Å²) in [7, 11) is 0. The topological polar surface area (TPSA) is 84.9 Å². The molecule has 0 heterocycles. The molecule has 0 spiro atoms. The molecule has 1 unspecified atom stereocenters. The largest absolute Gasteiger partial charge is 0.479 e. The Hall–Kier alpha value is -1.30. The second kappa shape index (κ2) is 6.44. The zero-order chi connectivity index (χ0) is 13.6. The fourth-order valence-corrected chi connectivity index (χ4v) is 0.910. The number of hydrogen-bond donors (Lipinski definition) is 2. The quantitative estimate of drug-likeness (QED) is 0.766. The molecule has 0 saturated carbocycles. The van der Waals surface area contributed by atoms with Crippen LogP contribution in [0.3, 0.4) is 0 Å². The minimum atomic E-state index is -1.03. The van der Waals surface area contributed by atoms with E-state index in [1.807, 2.05) is 0 Å². The van der Waals surface area contributed by atoms with Crippen LogP contribution in [0, 0.1) is 0 Å². The van der Waals surface area contributed by atoms with Crippen LogP contribution in [0.4, 0.5) is 4.79 Å². The molecule has 0 aliphatic rings. The highest BCUT2D eigenvalue weighted by Gasteiger charge is 2.18. The monoisotopic (exact) mass is 247 g/mol. The molecule has 0 aromatic rings. The molecule has 0 aliphatic heterocycles. The Balaban J connectivity index is 3.90. The number of nitrogens with one attached hydrogen (secondary N) is 1. The van der Waals surface area contributed by atoms with Gasteiger partial charge in [-0.1, -0.05) is 0 Å². The fraction of sp³-hybridized carbons (Fsp3) is 0.818. The van der Waals surface area contributed by atoms with Crippen molar-refractivity contribution in [2.45, 2.75) is 52.4 Å². The number of carbonyl (C=O) groups excluding carboxylic acids is 1. The molecule has 0 aromatic carbocycles. The lowest BCUT2D eigenvalue weighted by atomic mass is 10.2. The van der Waals surface area contributed by atoms with E-state index in [0.29, 0.717) is 0 Å². The van der Waals surface area contributed by atoms with Gasteiger partial charge >= 0.3 is 12.1 Å². The van der Waals surface area contributed by atoms with Crippen LogP contribution in [-0.4, -0.2) is 41.5 Å². The molecule has 0 fully saturated rings. The number of amides is 1. The van der Waals surface area contributed by atoms with E-state index in [1.165, 1.54) is 6.92 Å². The Morgan fingerprint density at radius 2 is 1.82 bits per heavy atom. The molecule has 0 aliphatic carbocycles. The van der Waals surface area contributed by atoms with Crippen LogP contribution in [0.2, 0.25) is 0 Å². The van der Waals surface area contributed by atoms with E-state index in [9.17, 15) is 9.59 Å². The minimum Gasteiger partial charge on any atom is -0.479 e. The first-order chi connectivity index (χ1) is 7.61. The Morgan fingerprint density at radius 3 is 2.24 bits per heavy atom. The summed E-state index contributed by atoms with van der Waals surface area (Å²) >= 11 is 0. The molecule has 17 heavy (non-hydrogen) atoms. The molecule has 6 nitrogen and oxygen atoms in total. The maximum absolute atomic E-state index is 11.3. The number of hydrogen-bond acceptors (Lipinski definition) is 4. The highest BCUT2D eigenvalue weighted by Crippen LogP contribution is 2.06. The van der Waals surface area contributed by atoms with Crippen molar-refractivity contribution in [2.75, 3.05) is 6.61 Å². The van der Waals surface area contributed by atoms with E-state index in [0.717, 1.165) is 0 Å². The van der Waals surface area contributed by atoms with Gasteiger partial charge in [0.1, 0.15) is 5.60 Å². The minimum absolute atomic E-state index is 0.118. The van der Waals surface area contributed by atoms with Crippen molar-refractivity contribution in [1.29, 1.82) is 0 Å². The van der Waals surface area contributed by atoms with Gasteiger partial charge in [0, 0.05) is 0 Å². The molecule has 0 bridgehead atoms. The molecule has 0 rings (SSSR count). The first kappa shape index (κ1) is 15.7. The van der Waals surface area contributed by atoms with Crippen molar-refractivity contribution in [3.05, 3.63) is 0 Å². The summed E-state index contributed by atoms with van der Waals surface area (Å²) in [4.78, 5) is 21.8. The summed E-state index contributed by atoms with van der Waals surface area (Å²) < 4.78 is 10.1. The van der Waals surface area contributed by atoms with Crippen molar-refractivity contribution in [1.82, 2.24) is 5.32 Å². The number of carboxylic acids is 1. The fourth-order valence-electron chi connectivity index (χ4n) is 0.910. The Morgan fingerprint density at radius 1 is 1.29 bits per heavy atom. The number of ether oxygens (including phenoxy) is 2. The third-order valence-corrected chi connectivity index (χ3v) is 1.71. The van der Waals surface area contributed by atoms with Gasteiger partial charge in [0.2, 0.25) is 0 Å². The maximum atomic E-state index is 11.3.